The second-order valence-electron chi connectivity index (χ2n) is 7.70. The lowest BCUT2D eigenvalue weighted by molar-refractivity contribution is -0.143. The summed E-state index contributed by atoms with van der Waals surface area (Å²) in [5.41, 5.74) is 7.27. The van der Waals surface area contributed by atoms with Crippen LogP contribution >= 0.6 is 12.4 Å². The molecule has 7 nitrogen and oxygen atoms in total. The standard InChI is InChI=1S/C22H24F3NO6S.ClH/c23-22(24,25)8-3-9-33(28,29)32-18-6-2-5-17(12-18)31-20-7-1-4-16-10-15(11-19(16)20)14-30-21(27)13-26;/h1-2,4-7,12,15H,3,8-11,13-14,26H2;1H/t15-;/m1./s1. The maximum Gasteiger partial charge on any atom is 0.389 e. The van der Waals surface area contributed by atoms with Crippen molar-refractivity contribution in [3.63, 3.8) is 0 Å². The number of carbonyl (C=O) groups is 1. The topological polar surface area (TPSA) is 105 Å². The van der Waals surface area contributed by atoms with Crippen molar-refractivity contribution in [1.29, 1.82) is 0 Å². The number of ether oxygens (including phenoxy) is 2. The molecule has 188 valence electrons. The first-order valence-electron chi connectivity index (χ1n) is 10.3. The fourth-order valence-electron chi connectivity index (χ4n) is 3.54. The molecular formula is C22H25ClF3NO6S. The van der Waals surface area contributed by atoms with Crippen LogP contribution in [0.25, 0.3) is 0 Å². The van der Waals surface area contributed by atoms with E-state index in [1.54, 1.807) is 12.1 Å². The first-order chi connectivity index (χ1) is 15.5. The number of hydrogen-bond donors (Lipinski definition) is 1. The summed E-state index contributed by atoms with van der Waals surface area (Å²) >= 11 is 0. The molecule has 0 saturated carbocycles. The van der Waals surface area contributed by atoms with Gasteiger partial charge in [0.05, 0.1) is 18.9 Å². The number of carbonyl (C=O) groups excluding carboxylic acids is 1. The Morgan fingerprint density at radius 2 is 1.79 bits per heavy atom. The second-order valence-corrected chi connectivity index (χ2v) is 9.39. The Morgan fingerprint density at radius 3 is 2.50 bits per heavy atom. The summed E-state index contributed by atoms with van der Waals surface area (Å²) in [4.78, 5) is 11.3. The van der Waals surface area contributed by atoms with Crippen molar-refractivity contribution >= 4 is 28.5 Å². The third-order valence-corrected chi connectivity index (χ3v) is 6.22. The molecule has 1 aliphatic rings. The van der Waals surface area contributed by atoms with Gasteiger partial charge >= 0.3 is 22.3 Å². The maximum atomic E-state index is 12.3. The number of halogens is 4. The molecule has 0 bridgehead atoms. The monoisotopic (exact) mass is 523 g/mol. The Kier molecular flexibility index (Phi) is 9.60. The van der Waals surface area contributed by atoms with Gasteiger partial charge in [-0.15, -0.1) is 12.4 Å². The molecular weight excluding hydrogens is 499 g/mol. The second kappa shape index (κ2) is 11.8. The van der Waals surface area contributed by atoms with Crippen molar-refractivity contribution in [2.24, 2.45) is 11.7 Å². The van der Waals surface area contributed by atoms with Gasteiger partial charge < -0.3 is 19.4 Å². The molecule has 0 fully saturated rings. The van der Waals surface area contributed by atoms with E-state index in [-0.39, 0.29) is 37.2 Å². The Labute approximate surface area is 201 Å². The summed E-state index contributed by atoms with van der Waals surface area (Å²) < 4.78 is 76.8. The molecule has 12 heteroatoms. The molecule has 0 spiro atoms. The predicted molar refractivity (Wildman–Crippen MR) is 121 cm³/mol. The van der Waals surface area contributed by atoms with Gasteiger partial charge in [0, 0.05) is 18.4 Å². The van der Waals surface area contributed by atoms with Crippen LogP contribution in [0.3, 0.4) is 0 Å². The number of alkyl halides is 3. The van der Waals surface area contributed by atoms with Crippen molar-refractivity contribution in [3.8, 4) is 17.2 Å². The highest BCUT2D eigenvalue weighted by atomic mass is 35.5. The molecule has 2 aromatic carbocycles. The molecule has 3 rings (SSSR count). The Morgan fingerprint density at radius 1 is 1.09 bits per heavy atom. The molecule has 0 radical (unpaired) electrons. The van der Waals surface area contributed by atoms with Gasteiger partial charge in [0.1, 0.15) is 17.2 Å². The first-order valence-corrected chi connectivity index (χ1v) is 11.9. The van der Waals surface area contributed by atoms with E-state index in [4.69, 9.17) is 19.4 Å². The lowest BCUT2D eigenvalue weighted by atomic mass is 10.1. The van der Waals surface area contributed by atoms with E-state index in [2.05, 4.69) is 0 Å². The van der Waals surface area contributed by atoms with Crippen molar-refractivity contribution in [2.75, 3.05) is 18.9 Å². The SMILES string of the molecule is Cl.NCC(=O)OC[C@@H]1Cc2cccc(Oc3cccc(OS(=O)(=O)CCCC(F)(F)F)c3)c2C1. The molecule has 1 atom stereocenters. The Bertz CT molecular complexity index is 1090. The maximum absolute atomic E-state index is 12.3. The molecule has 0 saturated heterocycles. The normalized spacial score (nSPS) is 15.2. The summed E-state index contributed by atoms with van der Waals surface area (Å²) in [5.74, 6) is -0.294. The minimum atomic E-state index is -4.43. The number of esters is 1. The average Bonchev–Trinajstić information content (AvgIpc) is 3.15. The van der Waals surface area contributed by atoms with Crippen LogP contribution in [0.4, 0.5) is 13.2 Å². The van der Waals surface area contributed by atoms with E-state index in [9.17, 15) is 26.4 Å². The molecule has 2 N–H and O–H groups in total. The Hall–Kier alpha value is -2.50. The highest BCUT2D eigenvalue weighted by molar-refractivity contribution is 7.87. The molecule has 0 heterocycles. The van der Waals surface area contributed by atoms with E-state index in [0.29, 0.717) is 24.3 Å². The number of nitrogens with two attached hydrogens (primary N) is 1. The van der Waals surface area contributed by atoms with Crippen LogP contribution in [0.1, 0.15) is 24.0 Å². The van der Waals surface area contributed by atoms with E-state index < -0.39 is 40.9 Å². The van der Waals surface area contributed by atoms with Crippen molar-refractivity contribution < 1.29 is 40.0 Å². The number of hydrogen-bond acceptors (Lipinski definition) is 7. The highest BCUT2D eigenvalue weighted by Crippen LogP contribution is 2.37. The van der Waals surface area contributed by atoms with Gasteiger partial charge in [-0.3, -0.25) is 4.79 Å². The van der Waals surface area contributed by atoms with Gasteiger partial charge in [0.2, 0.25) is 0 Å². The zero-order chi connectivity index (χ0) is 24.1. The summed E-state index contributed by atoms with van der Waals surface area (Å²) in [6.45, 7) is 0.0736. The summed E-state index contributed by atoms with van der Waals surface area (Å²) in [7, 11) is -4.19. The smallest absolute Gasteiger partial charge is 0.389 e. The van der Waals surface area contributed by atoms with Crippen molar-refractivity contribution in [1.82, 2.24) is 0 Å². The highest BCUT2D eigenvalue weighted by Gasteiger charge is 2.28. The van der Waals surface area contributed by atoms with E-state index in [0.717, 1.165) is 11.1 Å². The fraction of sp³-hybridized carbons (Fsp3) is 0.409. The molecule has 0 amide bonds. The first kappa shape index (κ1) is 27.7. The molecule has 1 aliphatic carbocycles. The van der Waals surface area contributed by atoms with Crippen LogP contribution in [0.2, 0.25) is 0 Å². The quantitative estimate of drug-likeness (QED) is 0.368. The molecule has 0 aromatic heterocycles. The summed E-state index contributed by atoms with van der Waals surface area (Å²) in [5, 5.41) is 0. The fourth-order valence-corrected chi connectivity index (χ4v) is 4.52. The van der Waals surface area contributed by atoms with E-state index in [1.165, 1.54) is 18.2 Å². The lowest BCUT2D eigenvalue weighted by Gasteiger charge is -2.13. The molecule has 0 unspecified atom stereocenters. The van der Waals surface area contributed by atoms with Crippen LogP contribution in [0.15, 0.2) is 42.5 Å². The summed E-state index contributed by atoms with van der Waals surface area (Å²) in [6, 6.07) is 11.4. The number of rotatable bonds is 10. The molecule has 34 heavy (non-hydrogen) atoms. The third kappa shape index (κ3) is 8.37. The van der Waals surface area contributed by atoms with E-state index >= 15 is 0 Å². The van der Waals surface area contributed by atoms with Crippen molar-refractivity contribution in [3.05, 3.63) is 53.6 Å². The largest absolute Gasteiger partial charge is 0.464 e. The zero-order valence-electron chi connectivity index (χ0n) is 18.0. The minimum Gasteiger partial charge on any atom is -0.464 e. The molecule has 2 aromatic rings. The van der Waals surface area contributed by atoms with Gasteiger partial charge in [0.15, 0.2) is 0 Å². The third-order valence-electron chi connectivity index (χ3n) is 4.99. The number of fused-ring (bicyclic) bond motifs is 1. The lowest BCUT2D eigenvalue weighted by Crippen LogP contribution is -2.20. The van der Waals surface area contributed by atoms with Gasteiger partial charge in [-0.05, 0) is 48.6 Å². The van der Waals surface area contributed by atoms with Crippen LogP contribution in [-0.4, -0.2) is 39.5 Å². The van der Waals surface area contributed by atoms with Gasteiger partial charge in [-0.2, -0.15) is 21.6 Å². The van der Waals surface area contributed by atoms with E-state index in [1.807, 2.05) is 12.1 Å². The van der Waals surface area contributed by atoms with Crippen LogP contribution in [-0.2, 0) is 32.5 Å². The minimum absolute atomic E-state index is 0. The summed E-state index contributed by atoms with van der Waals surface area (Å²) in [6.07, 6.45) is -4.87. The zero-order valence-corrected chi connectivity index (χ0v) is 19.7. The van der Waals surface area contributed by atoms with Crippen molar-refractivity contribution in [2.45, 2.75) is 31.9 Å². The predicted octanol–water partition coefficient (Wildman–Crippen LogP) is 4.17. The van der Waals surface area contributed by atoms with Gasteiger partial charge in [-0.25, -0.2) is 0 Å². The van der Waals surface area contributed by atoms with Gasteiger partial charge in [-0.1, -0.05) is 18.2 Å². The number of benzene rings is 2. The Balaban J connectivity index is 0.00000408. The molecule has 0 aliphatic heterocycles. The van der Waals surface area contributed by atoms with Crippen LogP contribution < -0.4 is 14.7 Å². The van der Waals surface area contributed by atoms with Crippen LogP contribution in [0.5, 0.6) is 17.2 Å². The van der Waals surface area contributed by atoms with Gasteiger partial charge in [0.25, 0.3) is 0 Å². The van der Waals surface area contributed by atoms with Crippen LogP contribution in [0, 0.1) is 5.92 Å². The average molecular weight is 524 g/mol.